The fourth-order valence-electron chi connectivity index (χ4n) is 4.36. The molecule has 0 saturated carbocycles. The van der Waals surface area contributed by atoms with Gasteiger partial charge < -0.3 is 25.2 Å². The lowest BCUT2D eigenvalue weighted by Crippen LogP contribution is -2.45. The molecule has 1 aliphatic heterocycles. The summed E-state index contributed by atoms with van der Waals surface area (Å²) in [5.41, 5.74) is 2.07. The van der Waals surface area contributed by atoms with Gasteiger partial charge in [0.05, 0.1) is 37.7 Å². The summed E-state index contributed by atoms with van der Waals surface area (Å²) >= 11 is 0. The zero-order valence-electron chi connectivity index (χ0n) is 21.7. The number of amides is 2. The summed E-state index contributed by atoms with van der Waals surface area (Å²) < 4.78 is 10.9. The Morgan fingerprint density at radius 2 is 1.55 bits per heavy atom. The van der Waals surface area contributed by atoms with Gasteiger partial charge in [-0.15, -0.1) is 0 Å². The number of aliphatic hydroxyl groups is 1. The first-order valence-corrected chi connectivity index (χ1v) is 13.2. The number of ether oxygens (including phenoxy) is 2. The van der Waals surface area contributed by atoms with Crippen molar-refractivity contribution in [3.05, 3.63) is 83.9 Å². The smallest absolute Gasteiger partial charge is 0.309 e. The van der Waals surface area contributed by atoms with E-state index in [4.69, 9.17) is 14.6 Å². The van der Waals surface area contributed by atoms with Gasteiger partial charge in [0.25, 0.3) is 0 Å². The largest absolute Gasteiger partial charge is 0.463 e. The maximum atomic E-state index is 13.3. The van der Waals surface area contributed by atoms with Crippen molar-refractivity contribution in [2.75, 3.05) is 33.0 Å². The molecule has 204 valence electrons. The Labute approximate surface area is 224 Å². The molecule has 0 unspecified atom stereocenters. The predicted octanol–water partition coefficient (Wildman–Crippen LogP) is 2.60. The molecule has 2 amide bonds. The van der Waals surface area contributed by atoms with Crippen LogP contribution in [0.2, 0.25) is 0 Å². The number of hydrogen-bond acceptors (Lipinski definition) is 6. The average molecular weight is 523 g/mol. The molecule has 3 rings (SSSR count). The third-order valence-electron chi connectivity index (χ3n) is 6.37. The molecule has 0 aromatic heterocycles. The van der Waals surface area contributed by atoms with Crippen LogP contribution in [0.1, 0.15) is 30.4 Å². The third kappa shape index (κ3) is 10.5. The minimum absolute atomic E-state index is 0.0292. The van der Waals surface area contributed by atoms with Gasteiger partial charge in [-0.25, -0.2) is 0 Å². The van der Waals surface area contributed by atoms with E-state index in [2.05, 4.69) is 10.6 Å². The molecule has 1 heterocycles. The SMILES string of the molecule is O=C(C[C@H]1CC=CC[C@@H](Cc2ccccc2)C(=O)OC[C@@H](Cc2ccccc2)NC1=O)NCCOCCO. The maximum absolute atomic E-state index is 13.3. The molecule has 2 aromatic rings. The van der Waals surface area contributed by atoms with Crippen LogP contribution < -0.4 is 10.6 Å². The zero-order valence-corrected chi connectivity index (χ0v) is 21.7. The number of rotatable bonds is 11. The summed E-state index contributed by atoms with van der Waals surface area (Å²) in [5, 5.41) is 14.6. The highest BCUT2D eigenvalue weighted by Crippen LogP contribution is 2.19. The van der Waals surface area contributed by atoms with E-state index in [1.54, 1.807) is 0 Å². The first-order chi connectivity index (χ1) is 18.5. The van der Waals surface area contributed by atoms with Crippen LogP contribution in [0.15, 0.2) is 72.8 Å². The number of benzene rings is 2. The van der Waals surface area contributed by atoms with Crippen LogP contribution in [0.5, 0.6) is 0 Å². The number of hydrogen-bond donors (Lipinski definition) is 3. The van der Waals surface area contributed by atoms with Crippen molar-refractivity contribution < 1.29 is 29.0 Å². The number of carbonyl (C=O) groups excluding carboxylic acids is 3. The molecule has 3 N–H and O–H groups in total. The molecule has 0 spiro atoms. The number of carbonyl (C=O) groups is 3. The van der Waals surface area contributed by atoms with E-state index in [0.29, 0.717) is 32.2 Å². The molecule has 0 fully saturated rings. The second-order valence-electron chi connectivity index (χ2n) is 9.44. The summed E-state index contributed by atoms with van der Waals surface area (Å²) in [6.45, 7) is 0.779. The van der Waals surface area contributed by atoms with Crippen LogP contribution in [0.25, 0.3) is 0 Å². The quantitative estimate of drug-likeness (QED) is 0.238. The highest BCUT2D eigenvalue weighted by molar-refractivity contribution is 5.86. The van der Waals surface area contributed by atoms with Crippen LogP contribution in [0, 0.1) is 11.8 Å². The first-order valence-electron chi connectivity index (χ1n) is 13.2. The minimum Gasteiger partial charge on any atom is -0.463 e. The topological polar surface area (TPSA) is 114 Å². The lowest BCUT2D eigenvalue weighted by Gasteiger charge is -2.24. The Morgan fingerprint density at radius 3 is 2.21 bits per heavy atom. The summed E-state index contributed by atoms with van der Waals surface area (Å²) in [6, 6.07) is 19.1. The van der Waals surface area contributed by atoms with E-state index < -0.39 is 12.0 Å². The van der Waals surface area contributed by atoms with Crippen molar-refractivity contribution in [1.82, 2.24) is 10.6 Å². The van der Waals surface area contributed by atoms with Crippen molar-refractivity contribution in [2.24, 2.45) is 11.8 Å². The number of esters is 1. The van der Waals surface area contributed by atoms with E-state index in [1.807, 2.05) is 72.8 Å². The van der Waals surface area contributed by atoms with Crippen LogP contribution in [0.3, 0.4) is 0 Å². The van der Waals surface area contributed by atoms with Gasteiger partial charge in [-0.2, -0.15) is 0 Å². The van der Waals surface area contributed by atoms with Gasteiger partial charge >= 0.3 is 5.97 Å². The maximum Gasteiger partial charge on any atom is 0.309 e. The van der Waals surface area contributed by atoms with Crippen molar-refractivity contribution in [3.63, 3.8) is 0 Å². The van der Waals surface area contributed by atoms with Gasteiger partial charge in [0.15, 0.2) is 0 Å². The molecule has 0 aliphatic carbocycles. The summed E-state index contributed by atoms with van der Waals surface area (Å²) in [6.07, 6.45) is 5.73. The van der Waals surface area contributed by atoms with E-state index in [0.717, 1.165) is 11.1 Å². The molecule has 3 atom stereocenters. The summed E-state index contributed by atoms with van der Waals surface area (Å²) in [7, 11) is 0. The van der Waals surface area contributed by atoms with Crippen molar-refractivity contribution in [1.29, 1.82) is 0 Å². The van der Waals surface area contributed by atoms with E-state index in [1.165, 1.54) is 0 Å². The monoisotopic (exact) mass is 522 g/mol. The highest BCUT2D eigenvalue weighted by atomic mass is 16.5. The molecule has 0 radical (unpaired) electrons. The molecular formula is C30H38N2O6. The van der Waals surface area contributed by atoms with Crippen LogP contribution in [-0.2, 0) is 36.7 Å². The third-order valence-corrected chi connectivity index (χ3v) is 6.37. The zero-order chi connectivity index (χ0) is 27.0. The number of nitrogens with one attached hydrogen (secondary N) is 2. The Balaban J connectivity index is 1.71. The lowest BCUT2D eigenvalue weighted by atomic mass is 9.94. The van der Waals surface area contributed by atoms with Crippen LogP contribution in [0.4, 0.5) is 0 Å². The van der Waals surface area contributed by atoms with Gasteiger partial charge in [-0.05, 0) is 36.8 Å². The molecule has 2 aromatic carbocycles. The van der Waals surface area contributed by atoms with Gasteiger partial charge in [0.2, 0.25) is 11.8 Å². The lowest BCUT2D eigenvalue weighted by molar-refractivity contribution is -0.150. The molecule has 8 heteroatoms. The number of allylic oxidation sites excluding steroid dienone is 2. The number of aliphatic hydroxyl groups excluding tert-OH is 1. The molecule has 38 heavy (non-hydrogen) atoms. The summed E-state index contributed by atoms with van der Waals surface area (Å²) in [5.74, 6) is -1.69. The van der Waals surface area contributed by atoms with Crippen molar-refractivity contribution in [3.8, 4) is 0 Å². The van der Waals surface area contributed by atoms with E-state index in [-0.39, 0.29) is 56.5 Å². The first kappa shape index (κ1) is 29.1. The molecule has 0 saturated heterocycles. The number of cyclic esters (lactones) is 1. The predicted molar refractivity (Wildman–Crippen MR) is 144 cm³/mol. The Morgan fingerprint density at radius 1 is 0.921 bits per heavy atom. The van der Waals surface area contributed by atoms with Gasteiger partial charge in [-0.1, -0.05) is 72.8 Å². The molecular weight excluding hydrogens is 484 g/mol. The van der Waals surface area contributed by atoms with E-state index in [9.17, 15) is 14.4 Å². The Bertz CT molecular complexity index is 1030. The molecule has 8 nitrogen and oxygen atoms in total. The van der Waals surface area contributed by atoms with Gasteiger partial charge in [0.1, 0.15) is 6.61 Å². The van der Waals surface area contributed by atoms with Crippen molar-refractivity contribution in [2.45, 2.75) is 38.1 Å². The second-order valence-corrected chi connectivity index (χ2v) is 9.44. The molecule has 1 aliphatic rings. The minimum atomic E-state index is -0.564. The summed E-state index contributed by atoms with van der Waals surface area (Å²) in [4.78, 5) is 38.8. The fraction of sp³-hybridized carbons (Fsp3) is 0.433. The molecule has 0 bridgehead atoms. The highest BCUT2D eigenvalue weighted by Gasteiger charge is 2.27. The van der Waals surface area contributed by atoms with Crippen LogP contribution in [-0.4, -0.2) is 61.9 Å². The van der Waals surface area contributed by atoms with E-state index >= 15 is 0 Å². The Kier molecular flexibility index (Phi) is 12.5. The fourth-order valence-corrected chi connectivity index (χ4v) is 4.36. The standard InChI is InChI=1S/C30H38N2O6/c33-16-18-37-17-15-31-28(34)21-25-13-7-8-14-26(19-23-9-3-1-4-10-23)30(36)38-22-27(32-29(25)35)20-24-11-5-2-6-12-24/h1-12,25-27,33H,13-22H2,(H,31,34)(H,32,35)/t25-,26+,27-/m1/s1. The van der Waals surface area contributed by atoms with Gasteiger partial charge in [0, 0.05) is 13.0 Å². The second kappa shape index (κ2) is 16.4. The normalized spacial score (nSPS) is 20.5. The Hall–Kier alpha value is -3.49. The van der Waals surface area contributed by atoms with Crippen LogP contribution >= 0.6 is 0 Å². The van der Waals surface area contributed by atoms with Gasteiger partial charge in [-0.3, -0.25) is 14.4 Å². The average Bonchev–Trinajstić information content (AvgIpc) is 2.93. The van der Waals surface area contributed by atoms with Crippen molar-refractivity contribution >= 4 is 17.8 Å².